The van der Waals surface area contributed by atoms with E-state index in [1.807, 2.05) is 35.4 Å². The molecule has 0 aliphatic rings. The van der Waals surface area contributed by atoms with Gasteiger partial charge in [0, 0.05) is 12.7 Å². The first kappa shape index (κ1) is 9.08. The number of hydrogen-bond donors (Lipinski definition) is 0. The number of fused-ring (bicyclic) bond motifs is 1. The summed E-state index contributed by atoms with van der Waals surface area (Å²) in [6, 6.07) is 8.11. The van der Waals surface area contributed by atoms with E-state index in [1.54, 1.807) is 6.20 Å². The summed E-state index contributed by atoms with van der Waals surface area (Å²) in [4.78, 5) is 4.34. The minimum atomic E-state index is 0.806. The fourth-order valence-corrected chi connectivity index (χ4v) is 1.75. The second-order valence-electron chi connectivity index (χ2n) is 3.59. The highest BCUT2D eigenvalue weighted by Crippen LogP contribution is 2.11. The molecule has 0 unspecified atom stereocenters. The van der Waals surface area contributed by atoms with E-state index in [0.717, 1.165) is 24.1 Å². The third-order valence-corrected chi connectivity index (χ3v) is 2.57. The van der Waals surface area contributed by atoms with Crippen LogP contribution in [0.3, 0.4) is 0 Å². The van der Waals surface area contributed by atoms with E-state index in [-0.39, 0.29) is 0 Å². The highest BCUT2D eigenvalue weighted by atomic mass is 15.4. The number of aromatic nitrogens is 5. The first-order chi connectivity index (χ1) is 7.93. The zero-order valence-corrected chi connectivity index (χ0v) is 8.69. The lowest BCUT2D eigenvalue weighted by Crippen LogP contribution is -2.07. The number of rotatable bonds is 3. The molecule has 3 rings (SSSR count). The molecule has 3 aromatic rings. The standard InChI is InChI=1S/C11H11N5/c1-2-4-11-10(3-1)12-9-15(11)7-8-16-6-5-13-14-16/h1-6,9H,7-8H2. The van der Waals surface area contributed by atoms with Gasteiger partial charge in [0.25, 0.3) is 0 Å². The van der Waals surface area contributed by atoms with Crippen molar-refractivity contribution < 1.29 is 0 Å². The molecule has 0 saturated carbocycles. The largest absolute Gasteiger partial charge is 0.329 e. The van der Waals surface area contributed by atoms with E-state index in [4.69, 9.17) is 0 Å². The molecule has 0 atom stereocenters. The predicted molar refractivity (Wildman–Crippen MR) is 59.8 cm³/mol. The molecule has 0 aliphatic carbocycles. The van der Waals surface area contributed by atoms with Crippen LogP contribution in [0, 0.1) is 0 Å². The molecule has 16 heavy (non-hydrogen) atoms. The van der Waals surface area contributed by atoms with Crippen LogP contribution < -0.4 is 0 Å². The maximum Gasteiger partial charge on any atom is 0.0958 e. The second kappa shape index (κ2) is 3.77. The molecular formula is C11H11N5. The fourth-order valence-electron chi connectivity index (χ4n) is 1.75. The Morgan fingerprint density at radius 3 is 2.94 bits per heavy atom. The van der Waals surface area contributed by atoms with Crippen molar-refractivity contribution in [1.82, 2.24) is 24.5 Å². The number of hydrogen-bond acceptors (Lipinski definition) is 3. The second-order valence-corrected chi connectivity index (χ2v) is 3.59. The Labute approximate surface area is 92.3 Å². The summed E-state index contributed by atoms with van der Waals surface area (Å²) >= 11 is 0. The lowest BCUT2D eigenvalue weighted by atomic mass is 10.3. The summed E-state index contributed by atoms with van der Waals surface area (Å²) in [5.41, 5.74) is 2.18. The van der Waals surface area contributed by atoms with Crippen molar-refractivity contribution in [1.29, 1.82) is 0 Å². The topological polar surface area (TPSA) is 48.5 Å². The van der Waals surface area contributed by atoms with Crippen molar-refractivity contribution in [3.05, 3.63) is 43.0 Å². The summed E-state index contributed by atoms with van der Waals surface area (Å²) in [7, 11) is 0. The Morgan fingerprint density at radius 2 is 2.06 bits per heavy atom. The first-order valence-electron chi connectivity index (χ1n) is 5.17. The third kappa shape index (κ3) is 1.56. The van der Waals surface area contributed by atoms with Gasteiger partial charge >= 0.3 is 0 Å². The van der Waals surface area contributed by atoms with Crippen LogP contribution in [-0.2, 0) is 13.1 Å². The van der Waals surface area contributed by atoms with E-state index in [1.165, 1.54) is 0 Å². The number of imidazole rings is 1. The van der Waals surface area contributed by atoms with Gasteiger partial charge in [-0.05, 0) is 12.1 Å². The van der Waals surface area contributed by atoms with Gasteiger partial charge in [0.1, 0.15) is 0 Å². The van der Waals surface area contributed by atoms with Crippen molar-refractivity contribution in [3.8, 4) is 0 Å². The quantitative estimate of drug-likeness (QED) is 0.659. The van der Waals surface area contributed by atoms with E-state index < -0.39 is 0 Å². The van der Waals surface area contributed by atoms with Gasteiger partial charge in [-0.1, -0.05) is 17.3 Å². The van der Waals surface area contributed by atoms with E-state index >= 15 is 0 Å². The highest BCUT2D eigenvalue weighted by molar-refractivity contribution is 5.74. The van der Waals surface area contributed by atoms with Crippen molar-refractivity contribution in [2.75, 3.05) is 0 Å². The van der Waals surface area contributed by atoms with Crippen LogP contribution in [0.5, 0.6) is 0 Å². The molecule has 0 fully saturated rings. The van der Waals surface area contributed by atoms with Gasteiger partial charge in [-0.25, -0.2) is 4.98 Å². The minimum Gasteiger partial charge on any atom is -0.329 e. The van der Waals surface area contributed by atoms with Crippen LogP contribution in [0.1, 0.15) is 0 Å². The van der Waals surface area contributed by atoms with Crippen molar-refractivity contribution in [3.63, 3.8) is 0 Å². The molecule has 0 bridgehead atoms. The van der Waals surface area contributed by atoms with Gasteiger partial charge in [0.2, 0.25) is 0 Å². The number of benzene rings is 1. The van der Waals surface area contributed by atoms with Crippen molar-refractivity contribution in [2.45, 2.75) is 13.1 Å². The van der Waals surface area contributed by atoms with E-state index in [9.17, 15) is 0 Å². The van der Waals surface area contributed by atoms with Gasteiger partial charge in [0.05, 0.1) is 30.1 Å². The molecule has 5 nitrogen and oxygen atoms in total. The molecule has 0 amide bonds. The Kier molecular flexibility index (Phi) is 2.14. The molecule has 2 heterocycles. The third-order valence-electron chi connectivity index (χ3n) is 2.57. The van der Waals surface area contributed by atoms with Crippen molar-refractivity contribution >= 4 is 11.0 Å². The molecular weight excluding hydrogens is 202 g/mol. The van der Waals surface area contributed by atoms with Crippen LogP contribution in [0.2, 0.25) is 0 Å². The molecule has 0 spiro atoms. The zero-order valence-electron chi connectivity index (χ0n) is 8.69. The Hall–Kier alpha value is -2.17. The monoisotopic (exact) mass is 213 g/mol. The summed E-state index contributed by atoms with van der Waals surface area (Å²) in [6.45, 7) is 1.66. The fraction of sp³-hybridized carbons (Fsp3) is 0.182. The SMILES string of the molecule is c1ccc2c(c1)ncn2CCn1ccnn1. The number of para-hydroxylation sites is 2. The molecule has 0 N–H and O–H groups in total. The van der Waals surface area contributed by atoms with Gasteiger partial charge in [-0.15, -0.1) is 5.10 Å². The Morgan fingerprint density at radius 1 is 1.12 bits per heavy atom. The number of nitrogens with zero attached hydrogens (tertiary/aromatic N) is 5. The minimum absolute atomic E-state index is 0.806. The molecule has 1 aromatic carbocycles. The molecule has 80 valence electrons. The van der Waals surface area contributed by atoms with Crippen molar-refractivity contribution in [2.24, 2.45) is 0 Å². The lowest BCUT2D eigenvalue weighted by molar-refractivity contribution is 0.526. The summed E-state index contributed by atoms with van der Waals surface area (Å²) in [6.07, 6.45) is 5.41. The van der Waals surface area contributed by atoms with Crippen LogP contribution in [0.25, 0.3) is 11.0 Å². The molecule has 0 aliphatic heterocycles. The Balaban J connectivity index is 1.84. The van der Waals surface area contributed by atoms with Gasteiger partial charge in [-0.2, -0.15) is 0 Å². The predicted octanol–water partition coefficient (Wildman–Crippen LogP) is 1.33. The van der Waals surface area contributed by atoms with Crippen LogP contribution in [-0.4, -0.2) is 24.5 Å². The maximum atomic E-state index is 4.34. The van der Waals surface area contributed by atoms with E-state index in [2.05, 4.69) is 25.9 Å². The smallest absolute Gasteiger partial charge is 0.0958 e. The average Bonchev–Trinajstić information content (AvgIpc) is 2.96. The molecule has 5 heteroatoms. The Bertz CT molecular complexity index is 581. The maximum absolute atomic E-state index is 4.34. The summed E-state index contributed by atoms with van der Waals surface area (Å²) in [5, 5.41) is 7.70. The molecule has 2 aromatic heterocycles. The highest BCUT2D eigenvalue weighted by Gasteiger charge is 2.01. The summed E-state index contributed by atoms with van der Waals surface area (Å²) in [5.74, 6) is 0. The van der Waals surface area contributed by atoms with E-state index in [0.29, 0.717) is 0 Å². The van der Waals surface area contributed by atoms with Crippen LogP contribution >= 0.6 is 0 Å². The zero-order chi connectivity index (χ0) is 10.8. The van der Waals surface area contributed by atoms with Crippen LogP contribution in [0.4, 0.5) is 0 Å². The first-order valence-corrected chi connectivity index (χ1v) is 5.17. The lowest BCUT2D eigenvalue weighted by Gasteiger charge is -2.03. The number of aryl methyl sites for hydroxylation is 2. The normalized spacial score (nSPS) is 11.0. The molecule has 0 saturated heterocycles. The average molecular weight is 213 g/mol. The molecule has 0 radical (unpaired) electrons. The van der Waals surface area contributed by atoms with Gasteiger partial charge < -0.3 is 4.57 Å². The van der Waals surface area contributed by atoms with Gasteiger partial charge in [-0.3, -0.25) is 4.68 Å². The van der Waals surface area contributed by atoms with Gasteiger partial charge in [0.15, 0.2) is 0 Å². The van der Waals surface area contributed by atoms with Crippen LogP contribution in [0.15, 0.2) is 43.0 Å². The summed E-state index contributed by atoms with van der Waals surface area (Å²) < 4.78 is 3.94.